The minimum absolute atomic E-state index is 0.0531. The second kappa shape index (κ2) is 7.24. The van der Waals surface area contributed by atoms with Gasteiger partial charge in [0.25, 0.3) is 0 Å². The van der Waals surface area contributed by atoms with Crippen LogP contribution in [-0.4, -0.2) is 17.9 Å². The third-order valence-corrected chi connectivity index (χ3v) is 2.74. The smallest absolute Gasteiger partial charge is 0.240 e. The Bertz CT molecular complexity index is 539. The molecule has 1 rings (SSSR count). The van der Waals surface area contributed by atoms with E-state index < -0.39 is 29.6 Å². The van der Waals surface area contributed by atoms with E-state index in [0.717, 1.165) is 0 Å². The highest BCUT2D eigenvalue weighted by Crippen LogP contribution is 2.07. The number of nitrogens with two attached hydrogens (primary N) is 1. The first-order chi connectivity index (χ1) is 9.42. The van der Waals surface area contributed by atoms with Crippen molar-refractivity contribution in [2.24, 2.45) is 11.7 Å². The first kappa shape index (κ1) is 15.6. The number of benzene rings is 1. The Kier molecular flexibility index (Phi) is 5.66. The Hall–Kier alpha value is -2.42. The van der Waals surface area contributed by atoms with Crippen molar-refractivity contribution < 1.29 is 14.0 Å². The minimum Gasteiger partial charge on any atom is -0.368 e. The molecular weight excluding hydrogens is 261 g/mol. The molecule has 0 bridgehead atoms. The van der Waals surface area contributed by atoms with E-state index >= 15 is 0 Å². The van der Waals surface area contributed by atoms with Gasteiger partial charge in [-0.15, -0.1) is 0 Å². The van der Waals surface area contributed by atoms with Crippen molar-refractivity contribution >= 4 is 11.8 Å². The van der Waals surface area contributed by atoms with E-state index in [1.807, 2.05) is 6.07 Å². The van der Waals surface area contributed by atoms with Crippen LogP contribution in [0, 0.1) is 23.1 Å². The second-order valence-corrected chi connectivity index (χ2v) is 4.60. The summed E-state index contributed by atoms with van der Waals surface area (Å²) in [5.74, 6) is -1.97. The van der Waals surface area contributed by atoms with E-state index in [-0.39, 0.29) is 12.8 Å². The molecule has 0 heterocycles. The van der Waals surface area contributed by atoms with Crippen LogP contribution in [0.4, 0.5) is 4.39 Å². The van der Waals surface area contributed by atoms with Gasteiger partial charge < -0.3 is 11.1 Å². The predicted molar refractivity (Wildman–Crippen MR) is 70.6 cm³/mol. The molecule has 106 valence electrons. The lowest BCUT2D eigenvalue weighted by molar-refractivity contribution is -0.127. The van der Waals surface area contributed by atoms with Gasteiger partial charge in [-0.05, 0) is 31.0 Å². The van der Waals surface area contributed by atoms with E-state index in [9.17, 15) is 14.0 Å². The highest BCUT2D eigenvalue weighted by Gasteiger charge is 2.20. The Morgan fingerprint density at radius 3 is 2.75 bits per heavy atom. The summed E-state index contributed by atoms with van der Waals surface area (Å²) in [6, 6.07) is 6.71. The summed E-state index contributed by atoms with van der Waals surface area (Å²) in [6.45, 7) is 1.63. The molecule has 0 aromatic heterocycles. The van der Waals surface area contributed by atoms with Crippen molar-refractivity contribution in [3.05, 3.63) is 35.6 Å². The van der Waals surface area contributed by atoms with Crippen LogP contribution < -0.4 is 11.1 Å². The number of amides is 2. The van der Waals surface area contributed by atoms with Crippen molar-refractivity contribution in [2.75, 3.05) is 0 Å². The predicted octanol–water partition coefficient (Wildman–Crippen LogP) is 0.888. The van der Waals surface area contributed by atoms with Crippen LogP contribution >= 0.6 is 0 Å². The molecule has 0 radical (unpaired) electrons. The summed E-state index contributed by atoms with van der Waals surface area (Å²) in [5, 5.41) is 11.2. The lowest BCUT2D eigenvalue weighted by atomic mass is 10.0. The molecule has 0 spiro atoms. The highest BCUT2D eigenvalue weighted by molar-refractivity contribution is 5.87. The molecule has 0 unspecified atom stereocenters. The summed E-state index contributed by atoms with van der Waals surface area (Å²) in [7, 11) is 0. The topological polar surface area (TPSA) is 96.0 Å². The summed E-state index contributed by atoms with van der Waals surface area (Å²) in [5.41, 5.74) is 5.68. The van der Waals surface area contributed by atoms with E-state index in [1.165, 1.54) is 18.2 Å². The summed E-state index contributed by atoms with van der Waals surface area (Å²) >= 11 is 0. The van der Waals surface area contributed by atoms with Crippen LogP contribution in [0.5, 0.6) is 0 Å². The summed E-state index contributed by atoms with van der Waals surface area (Å²) < 4.78 is 13.0. The zero-order valence-corrected chi connectivity index (χ0v) is 11.1. The Morgan fingerprint density at radius 1 is 1.50 bits per heavy atom. The number of nitriles is 1. The van der Waals surface area contributed by atoms with Gasteiger partial charge in [0.1, 0.15) is 11.9 Å². The molecule has 0 saturated heterocycles. The van der Waals surface area contributed by atoms with E-state index in [0.29, 0.717) is 5.56 Å². The first-order valence-corrected chi connectivity index (χ1v) is 6.15. The molecule has 2 amide bonds. The SMILES string of the molecule is C[C@H](C#N)C[C@@H](NC(=O)Cc1cccc(F)c1)C(N)=O. The maximum atomic E-state index is 13.0. The molecular formula is C14H16FN3O2. The van der Waals surface area contributed by atoms with Gasteiger partial charge in [-0.3, -0.25) is 9.59 Å². The van der Waals surface area contributed by atoms with Crippen LogP contribution in [0.2, 0.25) is 0 Å². The third kappa shape index (κ3) is 5.06. The van der Waals surface area contributed by atoms with Gasteiger partial charge in [-0.25, -0.2) is 4.39 Å². The molecule has 0 aliphatic rings. The minimum atomic E-state index is -0.897. The molecule has 1 aromatic carbocycles. The quantitative estimate of drug-likeness (QED) is 0.808. The number of halogens is 1. The lowest BCUT2D eigenvalue weighted by Gasteiger charge is -2.16. The van der Waals surface area contributed by atoms with Crippen LogP contribution in [0.1, 0.15) is 18.9 Å². The van der Waals surface area contributed by atoms with Gasteiger partial charge in [0.2, 0.25) is 11.8 Å². The normalized spacial score (nSPS) is 13.1. The van der Waals surface area contributed by atoms with E-state index in [1.54, 1.807) is 13.0 Å². The number of hydrogen-bond acceptors (Lipinski definition) is 3. The number of primary amides is 1. The highest BCUT2D eigenvalue weighted by atomic mass is 19.1. The third-order valence-electron chi connectivity index (χ3n) is 2.74. The monoisotopic (exact) mass is 277 g/mol. The van der Waals surface area contributed by atoms with Gasteiger partial charge in [0.05, 0.1) is 12.5 Å². The van der Waals surface area contributed by atoms with Crippen molar-refractivity contribution in [3.8, 4) is 6.07 Å². The number of nitrogens with zero attached hydrogens (tertiary/aromatic N) is 1. The fraction of sp³-hybridized carbons (Fsp3) is 0.357. The van der Waals surface area contributed by atoms with E-state index in [2.05, 4.69) is 5.32 Å². The Morgan fingerprint density at radius 2 is 2.20 bits per heavy atom. The number of carbonyl (C=O) groups is 2. The molecule has 6 heteroatoms. The fourth-order valence-corrected chi connectivity index (χ4v) is 1.73. The van der Waals surface area contributed by atoms with Crippen LogP contribution in [0.15, 0.2) is 24.3 Å². The maximum Gasteiger partial charge on any atom is 0.240 e. The maximum absolute atomic E-state index is 13.0. The van der Waals surface area contributed by atoms with Crippen LogP contribution in [-0.2, 0) is 16.0 Å². The first-order valence-electron chi connectivity index (χ1n) is 6.15. The molecule has 3 N–H and O–H groups in total. The molecule has 5 nitrogen and oxygen atoms in total. The second-order valence-electron chi connectivity index (χ2n) is 4.60. The van der Waals surface area contributed by atoms with Gasteiger partial charge in [-0.1, -0.05) is 12.1 Å². The Labute approximate surface area is 116 Å². The van der Waals surface area contributed by atoms with Crippen molar-refractivity contribution in [1.82, 2.24) is 5.32 Å². The van der Waals surface area contributed by atoms with Crippen molar-refractivity contribution in [3.63, 3.8) is 0 Å². The van der Waals surface area contributed by atoms with Gasteiger partial charge in [0.15, 0.2) is 0 Å². The Balaban J connectivity index is 2.63. The molecule has 20 heavy (non-hydrogen) atoms. The average Bonchev–Trinajstić information content (AvgIpc) is 2.37. The van der Waals surface area contributed by atoms with Crippen molar-refractivity contribution in [2.45, 2.75) is 25.8 Å². The zero-order valence-electron chi connectivity index (χ0n) is 11.1. The summed E-state index contributed by atoms with van der Waals surface area (Å²) in [6.07, 6.45) is 0.100. The molecule has 0 aliphatic heterocycles. The standard InChI is InChI=1S/C14H16FN3O2/c1-9(8-16)5-12(14(17)20)18-13(19)7-10-3-2-4-11(15)6-10/h2-4,6,9,12H,5,7H2,1H3,(H2,17,20)(H,18,19)/t9-,12+/m0/s1. The average molecular weight is 277 g/mol. The van der Waals surface area contributed by atoms with Gasteiger partial charge >= 0.3 is 0 Å². The number of rotatable bonds is 6. The van der Waals surface area contributed by atoms with E-state index in [4.69, 9.17) is 11.0 Å². The fourth-order valence-electron chi connectivity index (χ4n) is 1.73. The molecule has 1 aromatic rings. The van der Waals surface area contributed by atoms with Crippen LogP contribution in [0.3, 0.4) is 0 Å². The molecule has 0 saturated carbocycles. The van der Waals surface area contributed by atoms with Crippen LogP contribution in [0.25, 0.3) is 0 Å². The molecule has 0 aliphatic carbocycles. The molecule has 2 atom stereocenters. The van der Waals surface area contributed by atoms with Crippen molar-refractivity contribution in [1.29, 1.82) is 5.26 Å². The number of nitrogens with one attached hydrogen (secondary N) is 1. The van der Waals surface area contributed by atoms with Gasteiger partial charge in [0, 0.05) is 5.92 Å². The lowest BCUT2D eigenvalue weighted by Crippen LogP contribution is -2.45. The molecule has 0 fully saturated rings. The number of hydrogen-bond donors (Lipinski definition) is 2. The zero-order chi connectivity index (χ0) is 15.1. The largest absolute Gasteiger partial charge is 0.368 e. The summed E-state index contributed by atoms with van der Waals surface area (Å²) in [4.78, 5) is 23.0. The number of carbonyl (C=O) groups excluding carboxylic acids is 2. The van der Waals surface area contributed by atoms with Gasteiger partial charge in [-0.2, -0.15) is 5.26 Å².